The Labute approximate surface area is 256 Å². The maximum atomic E-state index is 14.2. The molecule has 3 aromatic carbocycles. The van der Waals surface area contributed by atoms with E-state index in [1.54, 1.807) is 42.5 Å². The van der Waals surface area contributed by atoms with Crippen LogP contribution in [0, 0.1) is 0 Å². The summed E-state index contributed by atoms with van der Waals surface area (Å²) >= 11 is 19.0. The van der Waals surface area contributed by atoms with Gasteiger partial charge in [0.2, 0.25) is 11.8 Å². The van der Waals surface area contributed by atoms with E-state index in [1.165, 1.54) is 35.2 Å². The number of sulfonamides is 1. The quantitative estimate of drug-likeness (QED) is 0.254. The van der Waals surface area contributed by atoms with Gasteiger partial charge in [0.25, 0.3) is 10.0 Å². The Hall–Kier alpha value is -2.78. The van der Waals surface area contributed by atoms with Crippen LogP contribution in [-0.4, -0.2) is 43.8 Å². The summed E-state index contributed by atoms with van der Waals surface area (Å²) in [5.41, 5.74) is 0.728. The molecule has 1 N–H and O–H groups in total. The number of hydrogen-bond donors (Lipinski definition) is 1. The third-order valence-electron chi connectivity index (χ3n) is 7.17. The van der Waals surface area contributed by atoms with Crippen molar-refractivity contribution in [3.8, 4) is 0 Å². The Balaban J connectivity index is 1.74. The predicted octanol–water partition coefficient (Wildman–Crippen LogP) is 6.71. The Kier molecular flexibility index (Phi) is 10.6. The largest absolute Gasteiger partial charge is 0.352 e. The van der Waals surface area contributed by atoms with Gasteiger partial charge in [0.1, 0.15) is 12.6 Å². The summed E-state index contributed by atoms with van der Waals surface area (Å²) in [4.78, 5) is 29.1. The van der Waals surface area contributed by atoms with Crippen LogP contribution in [0.3, 0.4) is 0 Å². The van der Waals surface area contributed by atoms with Gasteiger partial charge < -0.3 is 10.2 Å². The number of nitrogens with zero attached hydrogens (tertiary/aromatic N) is 2. The molecule has 1 aliphatic carbocycles. The van der Waals surface area contributed by atoms with Crippen molar-refractivity contribution in [2.45, 2.75) is 62.6 Å². The van der Waals surface area contributed by atoms with Crippen LogP contribution in [0.1, 0.15) is 44.6 Å². The molecule has 1 atom stereocenters. The van der Waals surface area contributed by atoms with Crippen LogP contribution in [0.15, 0.2) is 77.7 Å². The molecule has 0 aliphatic heterocycles. The van der Waals surface area contributed by atoms with Crippen molar-refractivity contribution in [1.82, 2.24) is 10.2 Å². The average Bonchev–Trinajstić information content (AvgIpc) is 3.46. The Bertz CT molecular complexity index is 1480. The van der Waals surface area contributed by atoms with Crippen LogP contribution in [0.5, 0.6) is 0 Å². The van der Waals surface area contributed by atoms with Crippen molar-refractivity contribution in [2.24, 2.45) is 0 Å². The Morgan fingerprint density at radius 3 is 2.22 bits per heavy atom. The maximum absolute atomic E-state index is 14.2. The van der Waals surface area contributed by atoms with Gasteiger partial charge in [-0.1, -0.05) is 91.0 Å². The lowest BCUT2D eigenvalue weighted by atomic mass is 10.1. The topological polar surface area (TPSA) is 86.8 Å². The first-order valence-electron chi connectivity index (χ1n) is 13.5. The van der Waals surface area contributed by atoms with E-state index in [0.717, 1.165) is 30.0 Å². The van der Waals surface area contributed by atoms with Crippen molar-refractivity contribution in [1.29, 1.82) is 0 Å². The molecule has 0 saturated heterocycles. The zero-order valence-electron chi connectivity index (χ0n) is 22.6. The van der Waals surface area contributed by atoms with Gasteiger partial charge in [-0.2, -0.15) is 0 Å². The summed E-state index contributed by atoms with van der Waals surface area (Å²) in [6.45, 7) is 1.24. The summed E-state index contributed by atoms with van der Waals surface area (Å²) in [6.07, 6.45) is 4.18. The van der Waals surface area contributed by atoms with Crippen LogP contribution in [0.4, 0.5) is 5.69 Å². The number of carbonyl (C=O) groups is 2. The molecule has 41 heavy (non-hydrogen) atoms. The zero-order valence-corrected chi connectivity index (χ0v) is 25.7. The normalized spacial score (nSPS) is 14.4. The molecule has 218 valence electrons. The number of halogens is 3. The number of hydrogen-bond acceptors (Lipinski definition) is 4. The summed E-state index contributed by atoms with van der Waals surface area (Å²) in [7, 11) is -4.24. The molecule has 0 radical (unpaired) electrons. The average molecular weight is 637 g/mol. The zero-order chi connectivity index (χ0) is 29.6. The van der Waals surface area contributed by atoms with E-state index in [2.05, 4.69) is 5.32 Å². The van der Waals surface area contributed by atoms with Gasteiger partial charge in [-0.05, 0) is 61.2 Å². The Morgan fingerprint density at radius 2 is 1.59 bits per heavy atom. The summed E-state index contributed by atoms with van der Waals surface area (Å²) in [5, 5.41) is 3.90. The number of rotatable bonds is 11. The van der Waals surface area contributed by atoms with Crippen molar-refractivity contribution < 1.29 is 18.0 Å². The molecule has 1 fully saturated rings. The molecule has 1 aliphatic rings. The first-order valence-corrected chi connectivity index (χ1v) is 16.0. The molecular weight excluding hydrogens is 605 g/mol. The SMILES string of the molecule is CC[C@@H](C(=O)NC1CCCC1)N(Cc1ccccc1Cl)C(=O)CN(c1ccc(Cl)cc1Cl)S(=O)(=O)c1ccccc1. The predicted molar refractivity (Wildman–Crippen MR) is 164 cm³/mol. The third kappa shape index (κ3) is 7.55. The molecule has 2 amide bonds. The number of anilines is 1. The van der Waals surface area contributed by atoms with E-state index in [1.807, 2.05) is 6.92 Å². The van der Waals surface area contributed by atoms with Crippen molar-refractivity contribution in [3.63, 3.8) is 0 Å². The fourth-order valence-corrected chi connectivity index (χ4v) is 7.22. The fraction of sp³-hybridized carbons (Fsp3) is 0.333. The molecule has 11 heteroatoms. The minimum atomic E-state index is -4.24. The molecule has 0 bridgehead atoms. The number of amides is 2. The molecule has 0 spiro atoms. The van der Waals surface area contributed by atoms with E-state index in [9.17, 15) is 18.0 Å². The standard InChI is InChI=1S/C30H32Cl3N3O4S/c1-2-27(30(38)34-23-11-7-8-12-23)35(19-21-10-6-9-15-25(21)32)29(37)20-36(28-17-16-22(31)18-26(28)33)41(39,40)24-13-4-3-5-14-24/h3-6,9-10,13-18,23,27H,2,7-8,11-12,19-20H2,1H3,(H,34,38)/t27-/m0/s1. The minimum Gasteiger partial charge on any atom is -0.352 e. The van der Waals surface area contributed by atoms with E-state index in [0.29, 0.717) is 22.0 Å². The molecule has 3 aromatic rings. The van der Waals surface area contributed by atoms with Gasteiger partial charge in [0.05, 0.1) is 15.6 Å². The van der Waals surface area contributed by atoms with Gasteiger partial charge in [-0.3, -0.25) is 13.9 Å². The smallest absolute Gasteiger partial charge is 0.264 e. The molecule has 0 unspecified atom stereocenters. The third-order valence-corrected chi connectivity index (χ3v) is 9.86. The highest BCUT2D eigenvalue weighted by atomic mass is 35.5. The molecule has 4 rings (SSSR count). The first kappa shape index (κ1) is 31.2. The van der Waals surface area contributed by atoms with Crippen LogP contribution < -0.4 is 9.62 Å². The maximum Gasteiger partial charge on any atom is 0.264 e. The lowest BCUT2D eigenvalue weighted by Gasteiger charge is -2.34. The van der Waals surface area contributed by atoms with Crippen LogP contribution in [0.2, 0.25) is 15.1 Å². The lowest BCUT2D eigenvalue weighted by molar-refractivity contribution is -0.140. The summed E-state index contributed by atoms with van der Waals surface area (Å²) in [5.74, 6) is -0.856. The van der Waals surface area contributed by atoms with E-state index >= 15 is 0 Å². The number of benzene rings is 3. The Morgan fingerprint density at radius 1 is 0.927 bits per heavy atom. The van der Waals surface area contributed by atoms with E-state index < -0.39 is 28.5 Å². The van der Waals surface area contributed by atoms with Gasteiger partial charge in [-0.15, -0.1) is 0 Å². The molecule has 0 heterocycles. The molecule has 1 saturated carbocycles. The lowest BCUT2D eigenvalue weighted by Crippen LogP contribution is -2.53. The summed E-state index contributed by atoms with van der Waals surface area (Å²) < 4.78 is 28.8. The summed E-state index contributed by atoms with van der Waals surface area (Å²) in [6, 6.07) is 18.4. The van der Waals surface area contributed by atoms with Crippen LogP contribution in [-0.2, 0) is 26.2 Å². The van der Waals surface area contributed by atoms with Gasteiger partial charge in [0.15, 0.2) is 0 Å². The van der Waals surface area contributed by atoms with Gasteiger partial charge >= 0.3 is 0 Å². The van der Waals surface area contributed by atoms with E-state index in [4.69, 9.17) is 34.8 Å². The number of carbonyl (C=O) groups excluding carboxylic acids is 2. The molecule has 7 nitrogen and oxygen atoms in total. The highest BCUT2D eigenvalue weighted by Crippen LogP contribution is 2.33. The van der Waals surface area contributed by atoms with Crippen molar-refractivity contribution >= 4 is 62.3 Å². The van der Waals surface area contributed by atoms with Crippen molar-refractivity contribution in [3.05, 3.63) is 93.4 Å². The fourth-order valence-electron chi connectivity index (χ4n) is 5.01. The number of nitrogens with one attached hydrogen (secondary N) is 1. The van der Waals surface area contributed by atoms with Crippen LogP contribution >= 0.6 is 34.8 Å². The second kappa shape index (κ2) is 13.9. The first-order chi connectivity index (χ1) is 19.6. The highest BCUT2D eigenvalue weighted by molar-refractivity contribution is 7.92. The molecule has 0 aromatic heterocycles. The second-order valence-electron chi connectivity index (χ2n) is 9.95. The van der Waals surface area contributed by atoms with E-state index in [-0.39, 0.29) is 34.1 Å². The second-order valence-corrected chi connectivity index (χ2v) is 13.1. The van der Waals surface area contributed by atoms with Crippen molar-refractivity contribution in [2.75, 3.05) is 10.8 Å². The molecular formula is C30H32Cl3N3O4S. The minimum absolute atomic E-state index is 0.0116. The van der Waals surface area contributed by atoms with Crippen LogP contribution in [0.25, 0.3) is 0 Å². The van der Waals surface area contributed by atoms with Gasteiger partial charge in [0, 0.05) is 22.6 Å². The highest BCUT2D eigenvalue weighted by Gasteiger charge is 2.35. The monoisotopic (exact) mass is 635 g/mol. The van der Waals surface area contributed by atoms with Gasteiger partial charge in [-0.25, -0.2) is 8.42 Å².